The molecule has 22 heavy (non-hydrogen) atoms. The maximum absolute atomic E-state index is 7.03. The summed E-state index contributed by atoms with van der Waals surface area (Å²) in [7, 11) is 0. The Kier molecular flexibility index (Phi) is 7.30. The van der Waals surface area contributed by atoms with Gasteiger partial charge in [-0.25, -0.2) is 0 Å². The van der Waals surface area contributed by atoms with E-state index in [0.717, 1.165) is 6.42 Å². The van der Waals surface area contributed by atoms with E-state index in [4.69, 9.17) is 23.2 Å². The number of alkyl halides is 2. The molecule has 0 aromatic rings. The van der Waals surface area contributed by atoms with Crippen LogP contribution in [0.4, 0.5) is 0 Å². The molecule has 1 aliphatic heterocycles. The minimum Gasteiger partial charge on any atom is -0.152 e. The van der Waals surface area contributed by atoms with Crippen molar-refractivity contribution in [2.24, 2.45) is 5.41 Å². The number of hydrogen-bond donors (Lipinski definition) is 0. The van der Waals surface area contributed by atoms with Gasteiger partial charge in [-0.2, -0.15) is 11.8 Å². The van der Waals surface area contributed by atoms with Gasteiger partial charge in [0, 0.05) is 0 Å². The van der Waals surface area contributed by atoms with Gasteiger partial charge in [-0.3, -0.25) is 0 Å². The topological polar surface area (TPSA) is 0 Å². The molecule has 0 spiro atoms. The molecule has 0 amide bonds. The van der Waals surface area contributed by atoms with Crippen LogP contribution in [-0.2, 0) is 0 Å². The van der Waals surface area contributed by atoms with E-state index in [2.05, 4.69) is 25.6 Å². The molecule has 0 aromatic heterocycles. The SMILES string of the molecule is CC1(C2(C)SCCCCCCC2(Cl)Cl)CCCCCCCC1. The molecule has 0 radical (unpaired) electrons. The first-order valence-corrected chi connectivity index (χ1v) is 11.2. The Bertz CT molecular complexity index is 332. The lowest BCUT2D eigenvalue weighted by Gasteiger charge is -2.53. The number of rotatable bonds is 1. The van der Waals surface area contributed by atoms with Crippen molar-refractivity contribution < 1.29 is 0 Å². The van der Waals surface area contributed by atoms with Crippen molar-refractivity contribution in [1.82, 2.24) is 0 Å². The van der Waals surface area contributed by atoms with Crippen LogP contribution in [-0.4, -0.2) is 14.8 Å². The Morgan fingerprint density at radius 3 is 1.68 bits per heavy atom. The average Bonchev–Trinajstić information content (AvgIpc) is 2.61. The second kappa shape index (κ2) is 8.34. The van der Waals surface area contributed by atoms with Crippen molar-refractivity contribution in [2.75, 3.05) is 5.75 Å². The Hall–Kier alpha value is 0.930. The van der Waals surface area contributed by atoms with E-state index in [9.17, 15) is 0 Å². The van der Waals surface area contributed by atoms with Crippen molar-refractivity contribution in [1.29, 1.82) is 0 Å². The summed E-state index contributed by atoms with van der Waals surface area (Å²) in [6.45, 7) is 4.88. The fourth-order valence-corrected chi connectivity index (χ4v) is 7.05. The minimum atomic E-state index is -0.592. The lowest BCUT2D eigenvalue weighted by Crippen LogP contribution is -2.53. The van der Waals surface area contributed by atoms with E-state index < -0.39 is 4.33 Å². The predicted molar refractivity (Wildman–Crippen MR) is 103 cm³/mol. The van der Waals surface area contributed by atoms with Gasteiger partial charge < -0.3 is 0 Å². The fourth-order valence-electron chi connectivity index (χ4n) is 4.38. The first-order chi connectivity index (χ1) is 10.4. The van der Waals surface area contributed by atoms with Crippen LogP contribution in [0.5, 0.6) is 0 Å². The van der Waals surface area contributed by atoms with Crippen molar-refractivity contribution in [3.63, 3.8) is 0 Å². The van der Waals surface area contributed by atoms with Gasteiger partial charge in [-0.05, 0) is 43.8 Å². The molecule has 130 valence electrons. The molecule has 1 saturated carbocycles. The number of halogens is 2. The number of hydrogen-bond acceptors (Lipinski definition) is 1. The highest BCUT2D eigenvalue weighted by molar-refractivity contribution is 8.00. The molecule has 2 fully saturated rings. The third-order valence-corrected chi connectivity index (χ3v) is 9.60. The first kappa shape index (κ1) is 19.3. The van der Waals surface area contributed by atoms with E-state index in [-0.39, 0.29) is 10.2 Å². The molecule has 1 aliphatic carbocycles. The zero-order valence-corrected chi connectivity index (χ0v) is 16.9. The zero-order valence-electron chi connectivity index (χ0n) is 14.6. The Morgan fingerprint density at radius 1 is 0.636 bits per heavy atom. The largest absolute Gasteiger partial charge is 0.152 e. The van der Waals surface area contributed by atoms with Crippen LogP contribution in [0.3, 0.4) is 0 Å². The summed E-state index contributed by atoms with van der Waals surface area (Å²) in [6.07, 6.45) is 16.9. The number of thioether (sulfide) groups is 1. The monoisotopic (exact) mass is 364 g/mol. The third kappa shape index (κ3) is 4.31. The second-order valence-corrected chi connectivity index (χ2v) is 10.9. The highest BCUT2D eigenvalue weighted by Crippen LogP contribution is 2.60. The van der Waals surface area contributed by atoms with Gasteiger partial charge in [0.05, 0.1) is 4.75 Å². The quantitative estimate of drug-likeness (QED) is 0.428. The van der Waals surface area contributed by atoms with E-state index in [1.54, 1.807) is 0 Å². The molecular formula is C19H34Cl2S. The van der Waals surface area contributed by atoms with Crippen molar-refractivity contribution in [3.05, 3.63) is 0 Å². The second-order valence-electron chi connectivity index (χ2n) is 7.93. The maximum atomic E-state index is 7.03. The minimum absolute atomic E-state index is 0.0300. The Labute approximate surface area is 152 Å². The van der Waals surface area contributed by atoms with Crippen LogP contribution in [0, 0.1) is 5.41 Å². The first-order valence-electron chi connectivity index (χ1n) is 9.43. The molecule has 3 heteroatoms. The van der Waals surface area contributed by atoms with Gasteiger partial charge in [-0.15, -0.1) is 23.2 Å². The third-order valence-electron chi connectivity index (χ3n) is 6.33. The van der Waals surface area contributed by atoms with Crippen LogP contribution < -0.4 is 0 Å². The standard InChI is InChI=1S/C19H34Cl2S/c1-17(13-9-5-3-4-6-10-14-17)18(2)19(20,21)15-11-7-8-12-16-22-18/h3-16H2,1-2H3. The maximum Gasteiger partial charge on any atom is 0.133 e. The molecule has 1 atom stereocenters. The molecule has 2 aliphatic rings. The van der Waals surface area contributed by atoms with Crippen LogP contribution in [0.15, 0.2) is 0 Å². The normalized spacial score (nSPS) is 34.4. The van der Waals surface area contributed by atoms with Crippen LogP contribution >= 0.6 is 35.0 Å². The van der Waals surface area contributed by atoms with Gasteiger partial charge in [-0.1, -0.05) is 64.7 Å². The average molecular weight is 365 g/mol. The summed E-state index contributed by atoms with van der Waals surface area (Å²) in [5.74, 6) is 1.22. The van der Waals surface area contributed by atoms with Gasteiger partial charge in [0.1, 0.15) is 4.33 Å². The summed E-state index contributed by atoms with van der Waals surface area (Å²) in [6, 6.07) is 0. The Morgan fingerprint density at radius 2 is 1.09 bits per heavy atom. The van der Waals surface area contributed by atoms with E-state index in [1.807, 2.05) is 0 Å². The van der Waals surface area contributed by atoms with Gasteiger partial charge in [0.15, 0.2) is 0 Å². The fraction of sp³-hybridized carbons (Fsp3) is 1.00. The van der Waals surface area contributed by atoms with Gasteiger partial charge in [0.25, 0.3) is 0 Å². The van der Waals surface area contributed by atoms with Crippen molar-refractivity contribution in [3.8, 4) is 0 Å². The molecule has 2 rings (SSSR count). The molecule has 0 nitrogen and oxygen atoms in total. The lowest BCUT2D eigenvalue weighted by atomic mass is 9.68. The highest BCUT2D eigenvalue weighted by Gasteiger charge is 2.56. The van der Waals surface area contributed by atoms with Crippen molar-refractivity contribution >= 4 is 35.0 Å². The summed E-state index contributed by atoms with van der Waals surface area (Å²) >= 11 is 16.1. The molecular weight excluding hydrogens is 331 g/mol. The van der Waals surface area contributed by atoms with Crippen LogP contribution in [0.1, 0.15) is 97.3 Å². The van der Waals surface area contributed by atoms with Crippen LogP contribution in [0.2, 0.25) is 0 Å². The molecule has 1 heterocycles. The lowest BCUT2D eigenvalue weighted by molar-refractivity contribution is 0.169. The molecule has 0 N–H and O–H groups in total. The van der Waals surface area contributed by atoms with Crippen molar-refractivity contribution in [2.45, 2.75) is 106 Å². The molecule has 0 aromatic carbocycles. The van der Waals surface area contributed by atoms with E-state index >= 15 is 0 Å². The van der Waals surface area contributed by atoms with E-state index in [0.29, 0.717) is 0 Å². The van der Waals surface area contributed by atoms with Gasteiger partial charge >= 0.3 is 0 Å². The predicted octanol–water partition coefficient (Wildman–Crippen LogP) is 7.76. The van der Waals surface area contributed by atoms with Crippen LogP contribution in [0.25, 0.3) is 0 Å². The summed E-state index contributed by atoms with van der Waals surface area (Å²) in [4.78, 5) is 0. The molecule has 0 bridgehead atoms. The summed E-state index contributed by atoms with van der Waals surface area (Å²) < 4.78 is -0.622. The molecule has 1 saturated heterocycles. The van der Waals surface area contributed by atoms with Gasteiger partial charge in [0.2, 0.25) is 0 Å². The highest BCUT2D eigenvalue weighted by atomic mass is 35.5. The zero-order chi connectivity index (χ0) is 16.1. The summed E-state index contributed by atoms with van der Waals surface area (Å²) in [5.41, 5.74) is 0.260. The smallest absolute Gasteiger partial charge is 0.133 e. The van der Waals surface area contributed by atoms with E-state index in [1.165, 1.54) is 82.8 Å². The Balaban J connectivity index is 2.26. The summed E-state index contributed by atoms with van der Waals surface area (Å²) in [5, 5.41) is 0. The molecule has 1 unspecified atom stereocenters.